The fraction of sp³-hybridized carbons (Fsp3) is 0.409. The van der Waals surface area contributed by atoms with Crippen LogP contribution >= 0.6 is 23.1 Å². The molecule has 1 aliphatic heterocycles. The van der Waals surface area contributed by atoms with Crippen LogP contribution in [0.1, 0.15) is 23.7 Å². The molecule has 1 N–H and O–H groups in total. The minimum absolute atomic E-state index is 0.0219. The van der Waals surface area contributed by atoms with E-state index in [1.54, 1.807) is 6.20 Å². The van der Waals surface area contributed by atoms with Crippen molar-refractivity contribution in [2.75, 3.05) is 25.4 Å². The predicted octanol–water partition coefficient (Wildman–Crippen LogP) is 2.53. The number of hydrogen-bond donors (Lipinski definition) is 1. The molecule has 4 rings (SSSR count). The zero-order valence-electron chi connectivity index (χ0n) is 17.5. The molecule has 1 atom stereocenters. The predicted molar refractivity (Wildman–Crippen MR) is 124 cm³/mol. The minimum atomic E-state index is -0.0854. The van der Waals surface area contributed by atoms with Crippen LogP contribution in [0.25, 0.3) is 4.96 Å². The number of nitrogens with one attached hydrogen (secondary N) is 1. The summed E-state index contributed by atoms with van der Waals surface area (Å²) in [5.41, 5.74) is 2.96. The molecule has 0 spiro atoms. The highest BCUT2D eigenvalue weighted by molar-refractivity contribution is 7.99. The van der Waals surface area contributed by atoms with Crippen molar-refractivity contribution in [1.29, 1.82) is 0 Å². The molecule has 164 valence electrons. The second kappa shape index (κ2) is 10.4. The molecule has 1 aromatic carbocycles. The molecule has 1 saturated heterocycles. The van der Waals surface area contributed by atoms with Gasteiger partial charge in [-0.05, 0) is 18.1 Å². The maximum absolute atomic E-state index is 12.2. The number of thioether (sulfide) groups is 1. The Bertz CT molecular complexity index is 1100. The Hall–Kier alpha value is -2.20. The molecule has 0 aliphatic carbocycles. The highest BCUT2D eigenvalue weighted by Gasteiger charge is 2.16. The van der Waals surface area contributed by atoms with Gasteiger partial charge in [0.15, 0.2) is 4.96 Å². The number of carbonyl (C=O) groups is 1. The Balaban J connectivity index is 1.22. The fourth-order valence-corrected chi connectivity index (χ4v) is 5.08. The first-order valence-electron chi connectivity index (χ1n) is 10.3. The standard InChI is InChI=1S/C22H26N4O3S2/c1-16-12-25(5-7-29-16)13-18-4-2-3-17(9-18)11-23-20(27)15-30-14-19-10-21(28)26-6-8-31-22(26)24-19/h2-4,6,8-10,16H,5,7,11-15H2,1H3,(H,23,27). The second-order valence-electron chi connectivity index (χ2n) is 7.65. The van der Waals surface area contributed by atoms with Crippen molar-refractivity contribution in [3.63, 3.8) is 0 Å². The first-order chi connectivity index (χ1) is 15.1. The topological polar surface area (TPSA) is 75.9 Å². The SMILES string of the molecule is CC1CN(Cc2cccc(CNC(=O)CSCc3cc(=O)n4ccsc4n3)c2)CCO1. The van der Waals surface area contributed by atoms with Crippen molar-refractivity contribution in [2.24, 2.45) is 0 Å². The molecule has 31 heavy (non-hydrogen) atoms. The van der Waals surface area contributed by atoms with Crippen LogP contribution in [0, 0.1) is 0 Å². The summed E-state index contributed by atoms with van der Waals surface area (Å²) < 4.78 is 7.13. The van der Waals surface area contributed by atoms with Gasteiger partial charge in [0.1, 0.15) is 0 Å². The van der Waals surface area contributed by atoms with Gasteiger partial charge in [-0.1, -0.05) is 24.3 Å². The summed E-state index contributed by atoms with van der Waals surface area (Å²) >= 11 is 2.89. The molecule has 7 nitrogen and oxygen atoms in total. The summed E-state index contributed by atoms with van der Waals surface area (Å²) in [6.07, 6.45) is 1.99. The van der Waals surface area contributed by atoms with E-state index in [0.717, 1.165) is 31.8 Å². The first-order valence-corrected chi connectivity index (χ1v) is 12.3. The highest BCUT2D eigenvalue weighted by atomic mass is 32.2. The Labute approximate surface area is 189 Å². The normalized spacial score (nSPS) is 17.1. The zero-order chi connectivity index (χ0) is 21.6. The number of fused-ring (bicyclic) bond motifs is 1. The third-order valence-corrected chi connectivity index (χ3v) is 6.77. The number of amides is 1. The van der Waals surface area contributed by atoms with E-state index in [4.69, 9.17) is 4.74 Å². The van der Waals surface area contributed by atoms with Crippen LogP contribution in [-0.4, -0.2) is 51.7 Å². The van der Waals surface area contributed by atoms with Crippen LogP contribution in [0.15, 0.2) is 46.7 Å². The van der Waals surface area contributed by atoms with E-state index in [2.05, 4.69) is 34.3 Å². The number of benzene rings is 1. The van der Waals surface area contributed by atoms with Crippen molar-refractivity contribution >= 4 is 34.0 Å². The average molecular weight is 459 g/mol. The lowest BCUT2D eigenvalue weighted by Crippen LogP contribution is -2.40. The third-order valence-electron chi connectivity index (χ3n) is 5.05. The number of hydrogen-bond acceptors (Lipinski definition) is 7. The lowest BCUT2D eigenvalue weighted by molar-refractivity contribution is -0.118. The number of morpholine rings is 1. The number of nitrogens with zero attached hydrogens (tertiary/aromatic N) is 3. The van der Waals surface area contributed by atoms with Crippen molar-refractivity contribution in [3.05, 3.63) is 69.1 Å². The van der Waals surface area contributed by atoms with Crippen molar-refractivity contribution < 1.29 is 9.53 Å². The molecule has 0 bridgehead atoms. The number of aromatic nitrogens is 2. The number of rotatable bonds is 8. The van der Waals surface area contributed by atoms with E-state index in [-0.39, 0.29) is 17.6 Å². The van der Waals surface area contributed by atoms with E-state index in [9.17, 15) is 9.59 Å². The van der Waals surface area contributed by atoms with Gasteiger partial charge in [0.05, 0.1) is 24.2 Å². The molecule has 9 heteroatoms. The quantitative estimate of drug-likeness (QED) is 0.559. The summed E-state index contributed by atoms with van der Waals surface area (Å²) in [5, 5.41) is 4.82. The molecular formula is C22H26N4O3S2. The molecule has 0 saturated carbocycles. The molecule has 1 aliphatic rings. The Morgan fingerprint density at radius 2 is 2.23 bits per heavy atom. The number of carbonyl (C=O) groups excluding carboxylic acids is 1. The summed E-state index contributed by atoms with van der Waals surface area (Å²) in [6.45, 7) is 6.17. The van der Waals surface area contributed by atoms with Gasteiger partial charge in [-0.25, -0.2) is 4.98 Å². The van der Waals surface area contributed by atoms with Gasteiger partial charge >= 0.3 is 0 Å². The third kappa shape index (κ3) is 6.16. The molecule has 1 fully saturated rings. The lowest BCUT2D eigenvalue weighted by Gasteiger charge is -2.31. The van der Waals surface area contributed by atoms with E-state index >= 15 is 0 Å². The Morgan fingerprint density at radius 1 is 1.35 bits per heavy atom. The smallest absolute Gasteiger partial charge is 0.258 e. The van der Waals surface area contributed by atoms with E-state index < -0.39 is 0 Å². The monoisotopic (exact) mass is 458 g/mol. The van der Waals surface area contributed by atoms with Crippen molar-refractivity contribution in [2.45, 2.75) is 31.9 Å². The maximum Gasteiger partial charge on any atom is 0.258 e. The van der Waals surface area contributed by atoms with Gasteiger partial charge in [0.25, 0.3) is 5.56 Å². The van der Waals surface area contributed by atoms with Crippen LogP contribution in [0.5, 0.6) is 0 Å². The number of ether oxygens (including phenoxy) is 1. The van der Waals surface area contributed by atoms with Gasteiger partial charge in [0.2, 0.25) is 5.91 Å². The summed E-state index contributed by atoms with van der Waals surface area (Å²) in [4.78, 5) is 31.8. The first kappa shape index (κ1) is 22.0. The van der Waals surface area contributed by atoms with Gasteiger partial charge in [-0.3, -0.25) is 18.9 Å². The summed E-state index contributed by atoms with van der Waals surface area (Å²) in [5.74, 6) is 0.841. The summed E-state index contributed by atoms with van der Waals surface area (Å²) in [6, 6.07) is 9.89. The molecular weight excluding hydrogens is 432 g/mol. The van der Waals surface area contributed by atoms with Crippen molar-refractivity contribution in [3.8, 4) is 0 Å². The van der Waals surface area contributed by atoms with Gasteiger partial charge in [-0.2, -0.15) is 0 Å². The van der Waals surface area contributed by atoms with Crippen molar-refractivity contribution in [1.82, 2.24) is 19.6 Å². The molecule has 1 amide bonds. The highest BCUT2D eigenvalue weighted by Crippen LogP contribution is 2.14. The second-order valence-corrected chi connectivity index (χ2v) is 9.51. The van der Waals surface area contributed by atoms with Crippen LogP contribution in [0.3, 0.4) is 0 Å². The van der Waals surface area contributed by atoms with Gasteiger partial charge in [-0.15, -0.1) is 23.1 Å². The van der Waals surface area contributed by atoms with Crippen LogP contribution in [0.4, 0.5) is 0 Å². The van der Waals surface area contributed by atoms with E-state index in [1.807, 2.05) is 17.5 Å². The molecule has 1 unspecified atom stereocenters. The average Bonchev–Trinajstić information content (AvgIpc) is 3.22. The lowest BCUT2D eigenvalue weighted by atomic mass is 10.1. The van der Waals surface area contributed by atoms with E-state index in [0.29, 0.717) is 28.7 Å². The van der Waals surface area contributed by atoms with E-state index in [1.165, 1.54) is 39.1 Å². The largest absolute Gasteiger partial charge is 0.376 e. The Kier molecular flexibility index (Phi) is 7.39. The number of thiazole rings is 1. The summed E-state index contributed by atoms with van der Waals surface area (Å²) in [7, 11) is 0. The molecule has 2 aromatic heterocycles. The maximum atomic E-state index is 12.2. The Morgan fingerprint density at radius 3 is 3.10 bits per heavy atom. The minimum Gasteiger partial charge on any atom is -0.376 e. The molecule has 3 heterocycles. The van der Waals surface area contributed by atoms with Crippen LogP contribution < -0.4 is 10.9 Å². The fourth-order valence-electron chi connectivity index (χ4n) is 3.59. The molecule has 3 aromatic rings. The van der Waals surface area contributed by atoms with Gasteiger partial charge < -0.3 is 10.1 Å². The molecule has 0 radical (unpaired) electrons. The van der Waals surface area contributed by atoms with Gasteiger partial charge in [0, 0.05) is 49.6 Å². The van der Waals surface area contributed by atoms with Crippen LogP contribution in [0.2, 0.25) is 0 Å². The zero-order valence-corrected chi connectivity index (χ0v) is 19.1. The van der Waals surface area contributed by atoms with Crippen LogP contribution in [-0.2, 0) is 28.4 Å².